The van der Waals surface area contributed by atoms with Crippen molar-refractivity contribution >= 4 is 27.3 Å². The van der Waals surface area contributed by atoms with Crippen LogP contribution in [-0.2, 0) is 19.4 Å². The molecule has 1 aromatic carbocycles. The summed E-state index contributed by atoms with van der Waals surface area (Å²) in [6.07, 6.45) is 5.59. The predicted octanol–water partition coefficient (Wildman–Crippen LogP) is 1.93. The fourth-order valence-electron chi connectivity index (χ4n) is 5.25. The molecule has 1 atom stereocenters. The molecule has 0 aromatic heterocycles. The van der Waals surface area contributed by atoms with E-state index in [0.29, 0.717) is 49.7 Å². The normalized spacial score (nSPS) is 22.9. The summed E-state index contributed by atoms with van der Waals surface area (Å²) in [5.41, 5.74) is 1.08. The van der Waals surface area contributed by atoms with Crippen LogP contribution in [0.3, 0.4) is 0 Å². The molecule has 2 saturated heterocycles. The molecule has 1 N–H and O–H groups in total. The number of nitrogens with one attached hydrogen (secondary N) is 1. The van der Waals surface area contributed by atoms with Gasteiger partial charge in [-0.25, -0.2) is 8.42 Å². The lowest BCUT2D eigenvalue weighted by Gasteiger charge is -2.38. The van der Waals surface area contributed by atoms with Gasteiger partial charge in [-0.15, -0.1) is 0 Å². The molecule has 3 aliphatic rings. The Labute approximate surface area is 201 Å². The van der Waals surface area contributed by atoms with Crippen molar-refractivity contribution in [1.82, 2.24) is 9.80 Å². The predicted molar refractivity (Wildman–Crippen MR) is 129 cm³/mol. The second-order valence-electron chi connectivity index (χ2n) is 9.32. The van der Waals surface area contributed by atoms with Crippen molar-refractivity contribution in [2.24, 2.45) is 0 Å². The largest absolute Gasteiger partial charge is 0.495 e. The van der Waals surface area contributed by atoms with Crippen molar-refractivity contribution in [2.75, 3.05) is 56.8 Å². The van der Waals surface area contributed by atoms with Crippen LogP contribution in [0.1, 0.15) is 48.9 Å². The summed E-state index contributed by atoms with van der Waals surface area (Å²) in [6.45, 7) is 2.16. The van der Waals surface area contributed by atoms with Crippen LogP contribution >= 0.6 is 0 Å². The molecule has 0 spiro atoms. The third-order valence-corrected chi connectivity index (χ3v) is 8.78. The van der Waals surface area contributed by atoms with Gasteiger partial charge >= 0.3 is 0 Å². The molecule has 34 heavy (non-hydrogen) atoms. The van der Waals surface area contributed by atoms with Crippen LogP contribution in [0.4, 0.5) is 5.69 Å². The Morgan fingerprint density at radius 2 is 1.85 bits per heavy atom. The maximum Gasteiger partial charge on any atom is 0.254 e. The number of carbonyl (C=O) groups is 2. The van der Waals surface area contributed by atoms with E-state index in [1.54, 1.807) is 30.2 Å². The first-order valence-corrected chi connectivity index (χ1v) is 14.0. The zero-order valence-corrected chi connectivity index (χ0v) is 20.6. The number of hydrogen-bond acceptors (Lipinski definition) is 7. The molecular formula is C24H35N3O6S. The number of rotatable bonds is 7. The first kappa shape index (κ1) is 24.8. The van der Waals surface area contributed by atoms with Gasteiger partial charge < -0.3 is 24.6 Å². The minimum Gasteiger partial charge on any atom is -0.495 e. The summed E-state index contributed by atoms with van der Waals surface area (Å²) in [6, 6.07) is 4.98. The van der Waals surface area contributed by atoms with Crippen LogP contribution in [-0.4, -0.2) is 93.6 Å². The van der Waals surface area contributed by atoms with Gasteiger partial charge in [0.15, 0.2) is 9.84 Å². The van der Waals surface area contributed by atoms with E-state index in [1.165, 1.54) is 0 Å². The Hall–Kier alpha value is -2.33. The number of methoxy groups -OCH3 is 1. The van der Waals surface area contributed by atoms with E-state index in [4.69, 9.17) is 9.47 Å². The number of morpholine rings is 1. The second-order valence-corrected chi connectivity index (χ2v) is 11.6. The van der Waals surface area contributed by atoms with E-state index >= 15 is 0 Å². The minimum absolute atomic E-state index is 0.0125. The van der Waals surface area contributed by atoms with Crippen molar-refractivity contribution in [3.8, 4) is 5.75 Å². The number of hydrogen-bond donors (Lipinski definition) is 1. The summed E-state index contributed by atoms with van der Waals surface area (Å²) in [4.78, 5) is 29.9. The third kappa shape index (κ3) is 5.83. The SMILES string of the molecule is COc1ccc(C(=O)N2CCOCC2)cc1NCC(=O)N(C1CCCCC1)C1CCS(=O)(=O)C1. The van der Waals surface area contributed by atoms with Gasteiger partial charge in [0.1, 0.15) is 5.75 Å². The monoisotopic (exact) mass is 493 g/mol. The van der Waals surface area contributed by atoms with Gasteiger partial charge in [-0.1, -0.05) is 19.3 Å². The lowest BCUT2D eigenvalue weighted by Crippen LogP contribution is -2.50. The van der Waals surface area contributed by atoms with Crippen LogP contribution in [0, 0.1) is 0 Å². The molecule has 1 aliphatic carbocycles. The fourth-order valence-corrected chi connectivity index (χ4v) is 6.96. The van der Waals surface area contributed by atoms with Crippen molar-refractivity contribution in [3.05, 3.63) is 23.8 Å². The number of sulfone groups is 1. The third-order valence-electron chi connectivity index (χ3n) is 7.03. The summed E-state index contributed by atoms with van der Waals surface area (Å²) in [5, 5.41) is 3.16. The van der Waals surface area contributed by atoms with Crippen molar-refractivity contribution in [3.63, 3.8) is 0 Å². The van der Waals surface area contributed by atoms with Gasteiger partial charge in [0.25, 0.3) is 5.91 Å². The molecule has 1 saturated carbocycles. The molecule has 2 amide bonds. The topological polar surface area (TPSA) is 105 Å². The fraction of sp³-hybridized carbons (Fsp3) is 0.667. The van der Waals surface area contributed by atoms with Crippen LogP contribution in [0.5, 0.6) is 5.75 Å². The lowest BCUT2D eigenvalue weighted by molar-refractivity contribution is -0.134. The standard InChI is InChI=1S/C24H35N3O6S/c1-32-22-8-7-18(24(29)26-10-12-33-13-11-26)15-21(22)25-16-23(28)27(19-5-3-2-4-6-19)20-9-14-34(30,31)17-20/h7-8,15,19-20,25H,2-6,9-14,16-17H2,1H3. The Morgan fingerprint density at radius 3 is 2.50 bits per heavy atom. The molecular weight excluding hydrogens is 458 g/mol. The maximum atomic E-state index is 13.4. The average Bonchev–Trinajstić information content (AvgIpc) is 3.22. The Balaban J connectivity index is 1.48. The second kappa shape index (κ2) is 10.9. The Bertz CT molecular complexity index is 986. The zero-order valence-electron chi connectivity index (χ0n) is 19.8. The number of carbonyl (C=O) groups excluding carboxylic acids is 2. The zero-order chi connectivity index (χ0) is 24.1. The first-order chi connectivity index (χ1) is 16.4. The molecule has 10 heteroatoms. The smallest absolute Gasteiger partial charge is 0.254 e. The molecule has 2 aliphatic heterocycles. The van der Waals surface area contributed by atoms with Crippen molar-refractivity contribution in [1.29, 1.82) is 0 Å². The highest BCUT2D eigenvalue weighted by Gasteiger charge is 2.38. The highest BCUT2D eigenvalue weighted by Crippen LogP contribution is 2.30. The lowest BCUT2D eigenvalue weighted by atomic mass is 9.93. The summed E-state index contributed by atoms with van der Waals surface area (Å²) >= 11 is 0. The molecule has 9 nitrogen and oxygen atoms in total. The first-order valence-electron chi connectivity index (χ1n) is 12.2. The van der Waals surface area contributed by atoms with E-state index < -0.39 is 9.84 Å². The maximum absolute atomic E-state index is 13.4. The van der Waals surface area contributed by atoms with E-state index in [9.17, 15) is 18.0 Å². The van der Waals surface area contributed by atoms with Gasteiger partial charge in [0.2, 0.25) is 5.91 Å². The van der Waals surface area contributed by atoms with Gasteiger partial charge in [-0.2, -0.15) is 0 Å². The minimum atomic E-state index is -3.10. The molecule has 0 bridgehead atoms. The highest BCUT2D eigenvalue weighted by atomic mass is 32.2. The Kier molecular flexibility index (Phi) is 7.98. The number of amides is 2. The summed E-state index contributed by atoms with van der Waals surface area (Å²) in [5.74, 6) is 0.531. The quantitative estimate of drug-likeness (QED) is 0.619. The number of nitrogens with zero attached hydrogens (tertiary/aromatic N) is 2. The van der Waals surface area contributed by atoms with Gasteiger partial charge in [-0.3, -0.25) is 9.59 Å². The molecule has 3 fully saturated rings. The number of benzene rings is 1. The summed E-state index contributed by atoms with van der Waals surface area (Å²) in [7, 11) is -1.56. The van der Waals surface area contributed by atoms with Gasteiger partial charge in [0, 0.05) is 30.7 Å². The van der Waals surface area contributed by atoms with Crippen molar-refractivity contribution in [2.45, 2.75) is 50.6 Å². The highest BCUT2D eigenvalue weighted by molar-refractivity contribution is 7.91. The van der Waals surface area contributed by atoms with Crippen LogP contribution < -0.4 is 10.1 Å². The van der Waals surface area contributed by atoms with Crippen LogP contribution in [0.15, 0.2) is 18.2 Å². The molecule has 4 rings (SSSR count). The molecule has 1 unspecified atom stereocenters. The van der Waals surface area contributed by atoms with E-state index in [0.717, 1.165) is 32.1 Å². The molecule has 0 radical (unpaired) electrons. The van der Waals surface area contributed by atoms with Crippen LogP contribution in [0.25, 0.3) is 0 Å². The van der Waals surface area contributed by atoms with Gasteiger partial charge in [-0.05, 0) is 37.5 Å². The van der Waals surface area contributed by atoms with Gasteiger partial charge in [0.05, 0.1) is 44.1 Å². The summed E-state index contributed by atoms with van der Waals surface area (Å²) < 4.78 is 35.0. The number of anilines is 1. The van der Waals surface area contributed by atoms with E-state index in [-0.39, 0.29) is 41.9 Å². The van der Waals surface area contributed by atoms with E-state index in [2.05, 4.69) is 5.32 Å². The van der Waals surface area contributed by atoms with Crippen LogP contribution in [0.2, 0.25) is 0 Å². The molecule has 2 heterocycles. The van der Waals surface area contributed by atoms with E-state index in [1.807, 2.05) is 4.90 Å². The molecule has 188 valence electrons. The van der Waals surface area contributed by atoms with Crippen molar-refractivity contribution < 1.29 is 27.5 Å². The molecule has 1 aromatic rings. The Morgan fingerprint density at radius 1 is 1.12 bits per heavy atom. The number of ether oxygens (including phenoxy) is 2. The average molecular weight is 494 g/mol.